The van der Waals surface area contributed by atoms with Gasteiger partial charge in [-0.3, -0.25) is 9.59 Å². The first-order valence-corrected chi connectivity index (χ1v) is 12.0. The molecule has 34 heavy (non-hydrogen) atoms. The predicted octanol–water partition coefficient (Wildman–Crippen LogP) is 3.86. The van der Waals surface area contributed by atoms with E-state index in [0.717, 1.165) is 18.4 Å². The smallest absolute Gasteiger partial charge is 0.408 e. The number of carbonyl (C=O) groups excluding carboxylic acids is 3. The Bertz CT molecular complexity index is 815. The lowest BCUT2D eigenvalue weighted by molar-refractivity contribution is -0.150. The number of ether oxygens (including phenoxy) is 1. The molecule has 1 aromatic carbocycles. The fourth-order valence-electron chi connectivity index (χ4n) is 3.40. The zero-order chi connectivity index (χ0) is 26.1. The topological polar surface area (TPSA) is 108 Å². The van der Waals surface area contributed by atoms with Gasteiger partial charge in [-0.25, -0.2) is 4.79 Å². The Kier molecular flexibility index (Phi) is 11.0. The normalized spacial score (nSPS) is 13.6. The minimum atomic E-state index is -1.27. The van der Waals surface area contributed by atoms with Crippen LogP contribution in [0.3, 0.4) is 0 Å². The summed E-state index contributed by atoms with van der Waals surface area (Å²) in [5, 5.41) is 15.4. The van der Waals surface area contributed by atoms with Crippen LogP contribution in [0.25, 0.3) is 0 Å². The number of carbonyl (C=O) groups is 3. The quantitative estimate of drug-likeness (QED) is 0.420. The molecule has 0 saturated carbocycles. The number of aryl methyl sites for hydroxylation is 1. The van der Waals surface area contributed by atoms with Crippen molar-refractivity contribution >= 4 is 17.9 Å². The van der Waals surface area contributed by atoms with Crippen molar-refractivity contribution in [1.82, 2.24) is 15.5 Å². The first kappa shape index (κ1) is 29.4. The molecule has 0 aliphatic heterocycles. The molecule has 0 fully saturated rings. The first-order chi connectivity index (χ1) is 15.8. The van der Waals surface area contributed by atoms with Crippen LogP contribution in [0.15, 0.2) is 24.3 Å². The molecule has 0 bridgehead atoms. The SMILES string of the molecule is CCCCNC(=O)C(c1ccc(C)cc1)N(C(=O)C(CO)NC(=O)OC(C)(C)C)C(C)(C)CC. The van der Waals surface area contributed by atoms with E-state index in [-0.39, 0.29) is 5.91 Å². The number of amides is 3. The number of alkyl carbamates (subject to hydrolysis) is 1. The van der Waals surface area contributed by atoms with Gasteiger partial charge in [-0.2, -0.15) is 0 Å². The van der Waals surface area contributed by atoms with Gasteiger partial charge in [0.2, 0.25) is 11.8 Å². The van der Waals surface area contributed by atoms with Crippen molar-refractivity contribution in [2.75, 3.05) is 13.2 Å². The molecule has 0 radical (unpaired) electrons. The Labute approximate surface area is 204 Å². The summed E-state index contributed by atoms with van der Waals surface area (Å²) in [5.41, 5.74) is 0.168. The number of rotatable bonds is 11. The van der Waals surface area contributed by atoms with Gasteiger partial charge in [0.1, 0.15) is 17.7 Å². The lowest BCUT2D eigenvalue weighted by Gasteiger charge is -2.44. The summed E-state index contributed by atoms with van der Waals surface area (Å²) in [6.07, 6.45) is 1.48. The Morgan fingerprint density at radius 3 is 2.12 bits per heavy atom. The van der Waals surface area contributed by atoms with Crippen molar-refractivity contribution in [3.05, 3.63) is 35.4 Å². The van der Waals surface area contributed by atoms with Crippen LogP contribution in [-0.4, -0.2) is 58.2 Å². The third kappa shape index (κ3) is 8.63. The van der Waals surface area contributed by atoms with Gasteiger partial charge in [0.15, 0.2) is 0 Å². The zero-order valence-corrected chi connectivity index (χ0v) is 22.0. The minimum absolute atomic E-state index is 0.305. The molecule has 2 atom stereocenters. The molecule has 8 nitrogen and oxygen atoms in total. The maximum Gasteiger partial charge on any atom is 0.408 e. The van der Waals surface area contributed by atoms with Gasteiger partial charge in [-0.1, -0.05) is 50.1 Å². The average molecular weight is 478 g/mol. The highest BCUT2D eigenvalue weighted by atomic mass is 16.6. The van der Waals surface area contributed by atoms with E-state index in [1.807, 2.05) is 58.9 Å². The second-order valence-corrected chi connectivity index (χ2v) is 10.2. The number of nitrogens with zero attached hydrogens (tertiary/aromatic N) is 1. The highest BCUT2D eigenvalue weighted by molar-refractivity contribution is 5.92. The molecule has 0 aliphatic rings. The van der Waals surface area contributed by atoms with Crippen LogP contribution in [0.4, 0.5) is 4.79 Å². The number of nitrogens with one attached hydrogen (secondary N) is 2. The maximum absolute atomic E-state index is 13.8. The molecule has 192 valence electrons. The molecule has 0 aromatic heterocycles. The molecular weight excluding hydrogens is 434 g/mol. The molecule has 1 aromatic rings. The molecular formula is C26H43N3O5. The fourth-order valence-corrected chi connectivity index (χ4v) is 3.40. The molecule has 0 saturated heterocycles. The molecule has 0 aliphatic carbocycles. The lowest BCUT2D eigenvalue weighted by Crippen LogP contribution is -2.60. The molecule has 0 spiro atoms. The van der Waals surface area contributed by atoms with Crippen molar-refractivity contribution in [3.8, 4) is 0 Å². The minimum Gasteiger partial charge on any atom is -0.444 e. The van der Waals surface area contributed by atoms with E-state index in [1.54, 1.807) is 20.8 Å². The second-order valence-electron chi connectivity index (χ2n) is 10.2. The van der Waals surface area contributed by atoms with E-state index in [4.69, 9.17) is 4.74 Å². The number of aliphatic hydroxyl groups is 1. The van der Waals surface area contributed by atoms with E-state index >= 15 is 0 Å². The summed E-state index contributed by atoms with van der Waals surface area (Å²) in [7, 11) is 0. The summed E-state index contributed by atoms with van der Waals surface area (Å²) < 4.78 is 5.27. The van der Waals surface area contributed by atoms with Crippen molar-refractivity contribution < 1.29 is 24.2 Å². The largest absolute Gasteiger partial charge is 0.444 e. The van der Waals surface area contributed by atoms with Gasteiger partial charge in [0.25, 0.3) is 0 Å². The lowest BCUT2D eigenvalue weighted by atomic mass is 9.91. The average Bonchev–Trinajstić information content (AvgIpc) is 2.74. The zero-order valence-electron chi connectivity index (χ0n) is 22.0. The standard InChI is InChI=1S/C26H43N3O5/c1-9-11-16-27-22(31)21(19-14-12-18(3)13-15-19)29(26(7,8)10-2)23(32)20(17-30)28-24(33)34-25(4,5)6/h12-15,20-21,30H,9-11,16-17H2,1-8H3,(H,27,31)(H,28,33). The van der Waals surface area contributed by atoms with E-state index in [2.05, 4.69) is 10.6 Å². The number of hydrogen-bond donors (Lipinski definition) is 3. The summed E-state index contributed by atoms with van der Waals surface area (Å²) in [5.74, 6) is -0.863. The number of benzene rings is 1. The van der Waals surface area contributed by atoms with Gasteiger partial charge in [0, 0.05) is 12.1 Å². The van der Waals surface area contributed by atoms with Gasteiger partial charge in [-0.05, 0) is 59.9 Å². The van der Waals surface area contributed by atoms with Crippen LogP contribution in [0.1, 0.15) is 84.9 Å². The van der Waals surface area contributed by atoms with Crippen LogP contribution in [0, 0.1) is 6.92 Å². The molecule has 8 heteroatoms. The number of aliphatic hydroxyl groups excluding tert-OH is 1. The Morgan fingerprint density at radius 2 is 1.65 bits per heavy atom. The van der Waals surface area contributed by atoms with E-state index in [9.17, 15) is 19.5 Å². The highest BCUT2D eigenvalue weighted by Crippen LogP contribution is 2.32. The molecule has 3 N–H and O–H groups in total. The van der Waals surface area contributed by atoms with E-state index in [1.165, 1.54) is 4.90 Å². The third-order valence-electron chi connectivity index (χ3n) is 5.66. The monoisotopic (exact) mass is 477 g/mol. The van der Waals surface area contributed by atoms with Crippen LogP contribution in [0.5, 0.6) is 0 Å². The van der Waals surface area contributed by atoms with Gasteiger partial charge < -0.3 is 25.4 Å². The van der Waals surface area contributed by atoms with Crippen molar-refractivity contribution in [2.45, 2.75) is 97.9 Å². The summed E-state index contributed by atoms with van der Waals surface area (Å²) in [6, 6.07) is 5.25. The van der Waals surface area contributed by atoms with Crippen molar-refractivity contribution in [1.29, 1.82) is 0 Å². The fraction of sp³-hybridized carbons (Fsp3) is 0.654. The van der Waals surface area contributed by atoms with E-state index < -0.39 is 41.8 Å². The summed E-state index contributed by atoms with van der Waals surface area (Å²) in [4.78, 5) is 41.1. The number of unbranched alkanes of at least 4 members (excludes halogenated alkanes) is 1. The van der Waals surface area contributed by atoms with Crippen LogP contribution in [0.2, 0.25) is 0 Å². The van der Waals surface area contributed by atoms with Crippen LogP contribution in [-0.2, 0) is 14.3 Å². The molecule has 1 rings (SSSR count). The summed E-state index contributed by atoms with van der Waals surface area (Å²) >= 11 is 0. The Morgan fingerprint density at radius 1 is 1.06 bits per heavy atom. The number of hydrogen-bond acceptors (Lipinski definition) is 5. The summed E-state index contributed by atoms with van der Waals surface area (Å²) in [6.45, 7) is 14.6. The van der Waals surface area contributed by atoms with Crippen molar-refractivity contribution in [2.24, 2.45) is 0 Å². The highest BCUT2D eigenvalue weighted by Gasteiger charge is 2.42. The first-order valence-electron chi connectivity index (χ1n) is 12.0. The van der Waals surface area contributed by atoms with Gasteiger partial charge in [0.05, 0.1) is 6.61 Å². The Hall–Kier alpha value is -2.61. The van der Waals surface area contributed by atoms with Crippen LogP contribution >= 0.6 is 0 Å². The van der Waals surface area contributed by atoms with Crippen LogP contribution < -0.4 is 10.6 Å². The van der Waals surface area contributed by atoms with Gasteiger partial charge >= 0.3 is 6.09 Å². The Balaban J connectivity index is 3.46. The third-order valence-corrected chi connectivity index (χ3v) is 5.66. The molecule has 3 amide bonds. The predicted molar refractivity (Wildman–Crippen MR) is 133 cm³/mol. The molecule has 2 unspecified atom stereocenters. The van der Waals surface area contributed by atoms with Gasteiger partial charge in [-0.15, -0.1) is 0 Å². The maximum atomic E-state index is 13.8. The van der Waals surface area contributed by atoms with Crippen molar-refractivity contribution in [3.63, 3.8) is 0 Å². The van der Waals surface area contributed by atoms with E-state index in [0.29, 0.717) is 18.5 Å². The molecule has 0 heterocycles. The second kappa shape index (κ2) is 12.7.